The van der Waals surface area contributed by atoms with E-state index in [1.807, 2.05) is 169 Å². The molecule has 0 fully saturated rings. The Balaban J connectivity index is 0.000000136. The van der Waals surface area contributed by atoms with Gasteiger partial charge in [-0.25, -0.2) is 0 Å². The molecular weight excluding hydrogens is 1520 g/mol. The van der Waals surface area contributed by atoms with Crippen LogP contribution in [0.15, 0.2) is 441 Å². The number of fused-ring (bicyclic) bond motifs is 30. The maximum Gasteiger partial charge on any atom is 0.137 e. The number of hydrogen-bond donors (Lipinski definition) is 0. The van der Waals surface area contributed by atoms with Crippen LogP contribution in [0.25, 0.3) is 163 Å². The van der Waals surface area contributed by atoms with E-state index in [1.54, 1.807) is 11.3 Å². The molecule has 124 heavy (non-hydrogen) atoms. The fraction of sp³-hybridized carbons (Fsp3) is 0.0169. The van der Waals surface area contributed by atoms with E-state index >= 15 is 0 Å². The zero-order valence-electron chi connectivity index (χ0n) is 76.4. The van der Waals surface area contributed by atoms with Crippen molar-refractivity contribution >= 4 is 153 Å². The van der Waals surface area contributed by atoms with Crippen molar-refractivity contribution in [2.45, 2.75) is 10.8 Å². The molecule has 576 valence electrons. The normalized spacial score (nSPS) is 14.4. The molecule has 0 saturated heterocycles. The van der Waals surface area contributed by atoms with Gasteiger partial charge >= 0.3 is 0 Å². The van der Waals surface area contributed by atoms with Crippen LogP contribution in [-0.2, 0) is 10.8 Å². The van der Waals surface area contributed by atoms with Crippen LogP contribution in [0.3, 0.4) is 0 Å². The molecule has 4 heterocycles. The summed E-state index contributed by atoms with van der Waals surface area (Å²) in [4.78, 5) is 4.11. The molecule has 5 nitrogen and oxygen atoms in total. The summed E-state index contributed by atoms with van der Waals surface area (Å²) in [5, 5.41) is 9.72. The highest BCUT2D eigenvalue weighted by Crippen LogP contribution is 2.66. The fourth-order valence-corrected chi connectivity index (χ4v) is 23.1. The molecule has 2 spiro atoms. The van der Waals surface area contributed by atoms with Crippen molar-refractivity contribution < 1.29 is 18.1 Å². The number of aromatic nitrogens is 2. The molecule has 4 aliphatic carbocycles. The SMILES string of the molecule is [2H]c1c([2H])c2c3c(c([2H])c([2H])c(N(c4ccc5c(c4)c4ccccc4n5-c4ccccc4)c4cccc5oc6ccccc6c45)c3c1[2H])C1(c3ccccc3-c3ccccc31)c1ccccc1-2.[2H]c1c([2H])c2c3c(c([2H])c([2H])c(N(c4ccc5c(c4)c4ccccc4n5-c4ccccc4)c4cccc5sc6ccccc6c45)c3c1[2H])C1(c3ccccc3-c3ccccc31)c1ccccc1-2. The van der Waals surface area contributed by atoms with Crippen LogP contribution in [0.5, 0.6) is 0 Å². The first kappa shape index (κ1) is 59.7. The molecule has 4 aliphatic rings. The number of furan rings is 1. The first-order chi connectivity index (χ1) is 65.7. The zero-order chi connectivity index (χ0) is 89.7. The number of benzene rings is 20. The van der Waals surface area contributed by atoms with Crippen molar-refractivity contribution in [2.24, 2.45) is 0 Å². The second-order valence-corrected chi connectivity index (χ2v) is 33.8. The number of para-hydroxylation sites is 5. The molecule has 6 heteroatoms. The number of hydrogen-bond acceptors (Lipinski definition) is 4. The highest BCUT2D eigenvalue weighted by molar-refractivity contribution is 7.26. The Labute approximate surface area is 733 Å². The first-order valence-electron chi connectivity index (χ1n) is 47.1. The van der Waals surface area contributed by atoms with Crippen molar-refractivity contribution in [3.8, 4) is 55.9 Å². The van der Waals surface area contributed by atoms with Crippen molar-refractivity contribution in [2.75, 3.05) is 9.80 Å². The minimum atomic E-state index is -1.06. The molecule has 0 bridgehead atoms. The van der Waals surface area contributed by atoms with E-state index in [2.05, 4.69) is 226 Å². The van der Waals surface area contributed by atoms with Crippen LogP contribution in [0.2, 0.25) is 0 Å². The molecule has 0 saturated carbocycles. The Morgan fingerprint density at radius 1 is 0.234 bits per heavy atom. The first-order valence-corrected chi connectivity index (χ1v) is 42.9. The quantitative estimate of drug-likeness (QED) is 0.152. The number of anilines is 6. The lowest BCUT2D eigenvalue weighted by Crippen LogP contribution is -2.32. The van der Waals surface area contributed by atoms with Gasteiger partial charge in [0.1, 0.15) is 11.2 Å². The molecule has 0 atom stereocenters. The van der Waals surface area contributed by atoms with E-state index < -0.39 is 10.8 Å². The Morgan fingerprint density at radius 2 is 0.597 bits per heavy atom. The predicted octanol–water partition coefficient (Wildman–Crippen LogP) is 31.8. The van der Waals surface area contributed by atoms with E-state index in [0.29, 0.717) is 77.7 Å². The number of rotatable bonds is 8. The Kier molecular flexibility index (Phi) is 12.7. The molecular formula is C118H72N4OS. The summed E-state index contributed by atoms with van der Waals surface area (Å²) < 4.78 is 114. The van der Waals surface area contributed by atoms with Crippen LogP contribution in [-0.4, -0.2) is 9.13 Å². The van der Waals surface area contributed by atoms with Gasteiger partial charge in [0, 0.05) is 80.6 Å². The predicted molar refractivity (Wildman–Crippen MR) is 519 cm³/mol. The average Bonchev–Trinajstić information content (AvgIpc) is 1.37. The van der Waals surface area contributed by atoms with E-state index in [-0.39, 0.29) is 60.4 Å². The average molecular weight is 1600 g/mol. The fourth-order valence-electron chi connectivity index (χ4n) is 22.0. The van der Waals surface area contributed by atoms with E-state index in [1.165, 1.54) is 0 Å². The molecule has 0 unspecified atom stereocenters. The second kappa shape index (κ2) is 26.3. The van der Waals surface area contributed by atoms with Gasteiger partial charge in [0.05, 0.1) is 74.7 Å². The monoisotopic (exact) mass is 1600 g/mol. The Morgan fingerprint density at radius 3 is 1.07 bits per heavy atom. The Bertz CT molecular complexity index is 8710. The molecule has 0 N–H and O–H groups in total. The van der Waals surface area contributed by atoms with E-state index in [4.69, 9.17) is 4.42 Å². The number of thiophene rings is 1. The molecule has 28 rings (SSSR count). The lowest BCUT2D eigenvalue weighted by Gasteiger charge is -2.40. The summed E-state index contributed by atoms with van der Waals surface area (Å²) in [6.45, 7) is 0. The zero-order valence-corrected chi connectivity index (χ0v) is 67.2. The van der Waals surface area contributed by atoms with Crippen molar-refractivity contribution in [3.63, 3.8) is 0 Å². The van der Waals surface area contributed by atoms with Crippen molar-refractivity contribution in [1.82, 2.24) is 9.13 Å². The van der Waals surface area contributed by atoms with E-state index in [0.717, 1.165) is 164 Å². The van der Waals surface area contributed by atoms with Crippen LogP contribution in [0.4, 0.5) is 34.1 Å². The summed E-state index contributed by atoms with van der Waals surface area (Å²) in [5.74, 6) is 0. The lowest BCUT2D eigenvalue weighted by atomic mass is 9.61. The lowest BCUT2D eigenvalue weighted by molar-refractivity contribution is 0.669. The standard InChI is InChI=1S/C59H36N2O.C59H36N2S/c2*1-2-16-37(17-3-1)60-51-28-12-7-21-42(51)46-36-38(32-34-53(46)60)61(54-29-15-31-56-58(54)45-22-8-13-30-55(45)62-56)52-35-33-50-57-43(23-14-24-44(52)57)41-20-6-11-27-49(41)59(50)47-25-9-4-18-39(47)40-19-5-10-26-48(40)59/h2*1-36H/i2*14D,23D,24D,33D,35D. The Hall–Kier alpha value is -15.9. The van der Waals surface area contributed by atoms with Gasteiger partial charge in [-0.1, -0.05) is 315 Å². The van der Waals surface area contributed by atoms with Crippen LogP contribution in [0.1, 0.15) is 58.2 Å². The number of nitrogens with zero attached hydrogens (tertiary/aromatic N) is 4. The van der Waals surface area contributed by atoms with Gasteiger partial charge in [-0.05, 0) is 221 Å². The third kappa shape index (κ3) is 9.36. The highest BCUT2D eigenvalue weighted by atomic mass is 32.1. The minimum Gasteiger partial charge on any atom is -0.456 e. The molecule has 0 amide bonds. The molecule has 4 aromatic heterocycles. The van der Waals surface area contributed by atoms with E-state index in [9.17, 15) is 13.7 Å². The van der Waals surface area contributed by atoms with Gasteiger partial charge in [0.2, 0.25) is 0 Å². The second-order valence-electron chi connectivity index (χ2n) is 32.7. The van der Waals surface area contributed by atoms with Gasteiger partial charge in [0.15, 0.2) is 0 Å². The largest absolute Gasteiger partial charge is 0.456 e. The van der Waals surface area contributed by atoms with Gasteiger partial charge in [0.25, 0.3) is 0 Å². The van der Waals surface area contributed by atoms with Crippen molar-refractivity contribution in [1.29, 1.82) is 0 Å². The van der Waals surface area contributed by atoms with Crippen LogP contribution in [0, 0.1) is 0 Å². The van der Waals surface area contributed by atoms with Crippen molar-refractivity contribution in [3.05, 3.63) is 481 Å². The van der Waals surface area contributed by atoms with Gasteiger partial charge in [-0.2, -0.15) is 0 Å². The summed E-state index contributed by atoms with van der Waals surface area (Å²) >= 11 is 1.71. The summed E-state index contributed by atoms with van der Waals surface area (Å²) in [5.41, 5.74) is 22.7. The maximum atomic E-state index is 10.6. The summed E-state index contributed by atoms with van der Waals surface area (Å²) in [6, 6.07) is 127. The summed E-state index contributed by atoms with van der Waals surface area (Å²) in [6.07, 6.45) is 0. The molecule has 20 aromatic carbocycles. The van der Waals surface area contributed by atoms with Crippen LogP contribution >= 0.6 is 11.3 Å². The third-order valence-corrected chi connectivity index (χ3v) is 27.9. The molecule has 0 radical (unpaired) electrons. The van der Waals surface area contributed by atoms with Gasteiger partial charge < -0.3 is 23.4 Å². The maximum absolute atomic E-state index is 10.6. The minimum absolute atomic E-state index is 0.00252. The van der Waals surface area contributed by atoms with Gasteiger partial charge in [-0.15, -0.1) is 11.3 Å². The third-order valence-electron chi connectivity index (χ3n) is 26.7. The topological polar surface area (TPSA) is 29.5 Å². The summed E-state index contributed by atoms with van der Waals surface area (Å²) in [7, 11) is 0. The van der Waals surface area contributed by atoms with Crippen LogP contribution < -0.4 is 9.80 Å². The molecule has 0 aliphatic heterocycles. The molecule has 24 aromatic rings. The van der Waals surface area contributed by atoms with Gasteiger partial charge in [-0.3, -0.25) is 0 Å². The highest BCUT2D eigenvalue weighted by Gasteiger charge is 2.52. The smallest absolute Gasteiger partial charge is 0.137 e.